The lowest BCUT2D eigenvalue weighted by Gasteiger charge is -2.28. The monoisotopic (exact) mass is 183 g/mol. The van der Waals surface area contributed by atoms with Crippen LogP contribution in [0.15, 0.2) is 0 Å². The molecular formula is C7H11N4O2. The molecule has 6 nitrogen and oxygen atoms in total. The van der Waals surface area contributed by atoms with E-state index in [0.29, 0.717) is 13.2 Å². The van der Waals surface area contributed by atoms with E-state index in [2.05, 4.69) is 22.9 Å². The molecule has 1 radical (unpaired) electrons. The highest BCUT2D eigenvalue weighted by Gasteiger charge is 2.42. The summed E-state index contributed by atoms with van der Waals surface area (Å²) in [6.45, 7) is 4.82. The number of urea groups is 1. The number of fused-ring (bicyclic) bond motifs is 1. The Bertz CT molecular complexity index is 255. The van der Waals surface area contributed by atoms with E-state index in [1.165, 1.54) is 0 Å². The van der Waals surface area contributed by atoms with E-state index in [1.807, 2.05) is 4.90 Å². The average molecular weight is 183 g/mol. The Kier molecular flexibility index (Phi) is 1.93. The summed E-state index contributed by atoms with van der Waals surface area (Å²) >= 11 is 0. The summed E-state index contributed by atoms with van der Waals surface area (Å²) in [7, 11) is 0. The van der Waals surface area contributed by atoms with Crippen LogP contribution in [0.4, 0.5) is 4.79 Å². The molecule has 0 aliphatic carbocycles. The zero-order valence-electron chi connectivity index (χ0n) is 7.04. The maximum atomic E-state index is 11.4. The molecule has 0 aromatic rings. The van der Waals surface area contributed by atoms with Crippen molar-refractivity contribution in [2.75, 3.05) is 13.2 Å². The highest BCUT2D eigenvalue weighted by molar-refractivity contribution is 6.00. The van der Waals surface area contributed by atoms with Crippen LogP contribution in [0.25, 0.3) is 0 Å². The molecule has 3 amide bonds. The van der Waals surface area contributed by atoms with Gasteiger partial charge < -0.3 is 5.32 Å². The van der Waals surface area contributed by atoms with Gasteiger partial charge in [-0.15, -0.1) is 0 Å². The first-order chi connectivity index (χ1) is 6.22. The predicted octanol–water partition coefficient (Wildman–Crippen LogP) is -1.78. The molecule has 2 fully saturated rings. The van der Waals surface area contributed by atoms with E-state index in [1.54, 1.807) is 0 Å². The molecular weight excluding hydrogens is 172 g/mol. The van der Waals surface area contributed by atoms with Crippen LogP contribution in [-0.2, 0) is 4.79 Å². The minimum atomic E-state index is -0.440. The topological polar surface area (TPSA) is 73.5 Å². The number of carbonyl (C=O) groups excluding carboxylic acids is 2. The normalized spacial score (nSPS) is 33.9. The molecule has 6 heteroatoms. The smallest absolute Gasteiger partial charge is 0.320 e. The maximum Gasteiger partial charge on any atom is 0.322 e. The van der Waals surface area contributed by atoms with E-state index < -0.39 is 6.03 Å². The molecule has 0 aromatic carbocycles. The number of rotatable bonds is 1. The summed E-state index contributed by atoms with van der Waals surface area (Å²) in [6, 6.07) is -0.764. The van der Waals surface area contributed by atoms with Gasteiger partial charge in [0.15, 0.2) is 0 Å². The Balaban J connectivity index is 2.16. The Morgan fingerprint density at radius 1 is 1.54 bits per heavy atom. The number of hydrogen-bond donors (Lipinski definition) is 3. The zero-order valence-corrected chi connectivity index (χ0v) is 7.04. The molecule has 2 atom stereocenters. The Hall–Kier alpha value is -1.14. The van der Waals surface area contributed by atoms with Crippen LogP contribution < -0.4 is 16.0 Å². The lowest BCUT2D eigenvalue weighted by Crippen LogP contribution is -2.64. The van der Waals surface area contributed by atoms with Crippen LogP contribution in [-0.4, -0.2) is 42.3 Å². The summed E-state index contributed by atoms with van der Waals surface area (Å²) in [4.78, 5) is 24.1. The van der Waals surface area contributed by atoms with Crippen LogP contribution in [0.5, 0.6) is 0 Å². The molecule has 2 rings (SSSR count). The van der Waals surface area contributed by atoms with Crippen LogP contribution in [0.1, 0.15) is 0 Å². The molecule has 3 N–H and O–H groups in total. The quantitative estimate of drug-likeness (QED) is 0.449. The van der Waals surface area contributed by atoms with Gasteiger partial charge in [-0.2, -0.15) is 0 Å². The van der Waals surface area contributed by atoms with Gasteiger partial charge in [-0.3, -0.25) is 20.3 Å². The Morgan fingerprint density at radius 3 is 3.00 bits per heavy atom. The van der Waals surface area contributed by atoms with Gasteiger partial charge in [0.2, 0.25) is 5.91 Å². The molecule has 2 saturated heterocycles. The third kappa shape index (κ3) is 1.27. The van der Waals surface area contributed by atoms with Gasteiger partial charge in [-0.05, 0) is 6.92 Å². The van der Waals surface area contributed by atoms with E-state index in [-0.39, 0.29) is 18.1 Å². The van der Waals surface area contributed by atoms with Crippen molar-refractivity contribution in [3.05, 3.63) is 6.92 Å². The number of carbonyl (C=O) groups is 2. The molecule has 13 heavy (non-hydrogen) atoms. The van der Waals surface area contributed by atoms with Gasteiger partial charge >= 0.3 is 6.03 Å². The van der Waals surface area contributed by atoms with E-state index in [9.17, 15) is 9.59 Å². The van der Waals surface area contributed by atoms with Gasteiger partial charge in [-0.1, -0.05) is 0 Å². The van der Waals surface area contributed by atoms with Gasteiger partial charge in [0.25, 0.3) is 0 Å². The molecule has 0 saturated carbocycles. The number of hydrogen-bond acceptors (Lipinski definition) is 4. The highest BCUT2D eigenvalue weighted by Crippen LogP contribution is 2.11. The van der Waals surface area contributed by atoms with Crippen LogP contribution in [0, 0.1) is 6.92 Å². The van der Waals surface area contributed by atoms with Crippen molar-refractivity contribution < 1.29 is 9.59 Å². The number of amides is 3. The van der Waals surface area contributed by atoms with Gasteiger partial charge in [0, 0.05) is 6.54 Å². The van der Waals surface area contributed by atoms with Crippen molar-refractivity contribution in [1.82, 2.24) is 20.9 Å². The van der Waals surface area contributed by atoms with Crippen LogP contribution >= 0.6 is 0 Å². The minimum absolute atomic E-state index is 0.262. The minimum Gasteiger partial charge on any atom is -0.320 e. The van der Waals surface area contributed by atoms with Crippen LogP contribution in [0.2, 0.25) is 0 Å². The standard InChI is InChI=1S/C7H11N4O2/c1-2-11-3-8-5-4(11)6(12)10-7(13)9-5/h4-5,8H,1-3H2,(H2,9,10,12,13). The van der Waals surface area contributed by atoms with Crippen molar-refractivity contribution in [3.63, 3.8) is 0 Å². The van der Waals surface area contributed by atoms with E-state index in [0.717, 1.165) is 0 Å². The summed E-state index contributed by atoms with van der Waals surface area (Å²) in [6.07, 6.45) is -0.275. The third-order valence-corrected chi connectivity index (χ3v) is 2.30. The van der Waals surface area contributed by atoms with Crippen molar-refractivity contribution in [3.8, 4) is 0 Å². The lowest BCUT2D eigenvalue weighted by molar-refractivity contribution is -0.125. The number of nitrogens with zero attached hydrogens (tertiary/aromatic N) is 1. The largest absolute Gasteiger partial charge is 0.322 e. The molecule has 2 unspecified atom stereocenters. The first kappa shape index (κ1) is 8.46. The van der Waals surface area contributed by atoms with Crippen molar-refractivity contribution in [1.29, 1.82) is 0 Å². The third-order valence-electron chi connectivity index (χ3n) is 2.30. The molecule has 2 aliphatic heterocycles. The lowest BCUT2D eigenvalue weighted by atomic mass is 10.2. The SMILES string of the molecule is [CH2]CN1CNC2NC(=O)NC(=O)C21. The molecule has 2 aliphatic rings. The molecule has 2 heterocycles. The predicted molar refractivity (Wildman–Crippen MR) is 44.3 cm³/mol. The molecule has 0 aromatic heterocycles. The Labute approximate surface area is 75.6 Å². The second kappa shape index (κ2) is 2.97. The zero-order chi connectivity index (χ0) is 9.42. The summed E-state index contributed by atoms with van der Waals surface area (Å²) < 4.78 is 0. The summed E-state index contributed by atoms with van der Waals surface area (Å²) in [5, 5.41) is 7.85. The van der Waals surface area contributed by atoms with Gasteiger partial charge in [-0.25, -0.2) is 4.79 Å². The Morgan fingerprint density at radius 2 is 2.31 bits per heavy atom. The van der Waals surface area contributed by atoms with Gasteiger partial charge in [0.05, 0.1) is 6.67 Å². The van der Waals surface area contributed by atoms with E-state index >= 15 is 0 Å². The number of imide groups is 1. The highest BCUT2D eigenvalue weighted by atomic mass is 16.2. The molecule has 0 spiro atoms. The van der Waals surface area contributed by atoms with E-state index in [4.69, 9.17) is 0 Å². The fourth-order valence-electron chi connectivity index (χ4n) is 1.66. The first-order valence-corrected chi connectivity index (χ1v) is 4.10. The molecule has 0 bridgehead atoms. The fraction of sp³-hybridized carbons (Fsp3) is 0.571. The maximum absolute atomic E-state index is 11.4. The average Bonchev–Trinajstić information content (AvgIpc) is 2.47. The fourth-order valence-corrected chi connectivity index (χ4v) is 1.66. The van der Waals surface area contributed by atoms with Crippen molar-refractivity contribution in [2.24, 2.45) is 0 Å². The van der Waals surface area contributed by atoms with Crippen LogP contribution in [0.3, 0.4) is 0 Å². The second-order valence-electron chi connectivity index (χ2n) is 3.06. The van der Waals surface area contributed by atoms with Gasteiger partial charge in [0.1, 0.15) is 12.2 Å². The summed E-state index contributed by atoms with van der Waals surface area (Å²) in [5.41, 5.74) is 0. The molecule has 71 valence electrons. The first-order valence-electron chi connectivity index (χ1n) is 4.10. The number of nitrogens with one attached hydrogen (secondary N) is 3. The second-order valence-corrected chi connectivity index (χ2v) is 3.06. The van der Waals surface area contributed by atoms with Crippen molar-refractivity contribution >= 4 is 11.9 Å². The summed E-state index contributed by atoms with van der Waals surface area (Å²) in [5.74, 6) is -0.262. The van der Waals surface area contributed by atoms with Crippen molar-refractivity contribution in [2.45, 2.75) is 12.2 Å².